The van der Waals surface area contributed by atoms with Crippen molar-refractivity contribution in [2.75, 3.05) is 0 Å². The maximum Gasteiger partial charge on any atom is 0.307 e. The summed E-state index contributed by atoms with van der Waals surface area (Å²) < 4.78 is 7.94. The number of para-hydroxylation sites is 1. The second kappa shape index (κ2) is 7.33. The molecule has 2 heterocycles. The van der Waals surface area contributed by atoms with Crippen molar-refractivity contribution in [3.63, 3.8) is 0 Å². The van der Waals surface area contributed by atoms with Crippen molar-refractivity contribution in [2.24, 2.45) is 0 Å². The molecule has 4 aromatic rings. The molecule has 0 amide bonds. The van der Waals surface area contributed by atoms with E-state index >= 15 is 0 Å². The van der Waals surface area contributed by atoms with Crippen LogP contribution in [0.25, 0.3) is 16.6 Å². The van der Waals surface area contributed by atoms with Gasteiger partial charge in [-0.15, -0.1) is 0 Å². The highest BCUT2D eigenvalue weighted by Crippen LogP contribution is 2.26. The van der Waals surface area contributed by atoms with Gasteiger partial charge in [-0.05, 0) is 42.0 Å². The van der Waals surface area contributed by atoms with Gasteiger partial charge in [0.25, 0.3) is 0 Å². The van der Waals surface area contributed by atoms with Crippen LogP contribution in [0.4, 0.5) is 0 Å². The summed E-state index contributed by atoms with van der Waals surface area (Å²) in [5.74, 6) is -0.183. The summed E-state index contributed by atoms with van der Waals surface area (Å²) in [4.78, 5) is 15.7. The van der Waals surface area contributed by atoms with E-state index in [1.807, 2.05) is 77.6 Å². The Kier molecular flexibility index (Phi) is 4.58. The fourth-order valence-corrected chi connectivity index (χ4v) is 3.01. The maximum atomic E-state index is 11.0. The number of carbonyl (C=O) groups is 1. The van der Waals surface area contributed by atoms with Crippen LogP contribution in [0.1, 0.15) is 11.3 Å². The van der Waals surface area contributed by atoms with Gasteiger partial charge < -0.3 is 14.4 Å². The zero-order valence-electron chi connectivity index (χ0n) is 14.6. The lowest BCUT2D eigenvalue weighted by atomic mass is 10.1. The number of ether oxygens (including phenoxy) is 1. The number of fused-ring (bicyclic) bond motifs is 1. The van der Waals surface area contributed by atoms with Crippen LogP contribution < -0.4 is 4.74 Å². The van der Waals surface area contributed by atoms with E-state index < -0.39 is 5.97 Å². The molecule has 0 aliphatic rings. The number of carboxylic acids is 1. The van der Waals surface area contributed by atoms with Gasteiger partial charge >= 0.3 is 5.97 Å². The highest BCUT2D eigenvalue weighted by molar-refractivity contribution is 5.78. The molecule has 0 saturated carbocycles. The predicted octanol–water partition coefficient (Wildman–Crippen LogP) is 4.23. The zero-order chi connectivity index (χ0) is 18.6. The van der Waals surface area contributed by atoms with Crippen molar-refractivity contribution in [3.8, 4) is 11.4 Å². The normalized spacial score (nSPS) is 10.8. The van der Waals surface area contributed by atoms with Crippen molar-refractivity contribution >= 4 is 16.9 Å². The Labute approximate surface area is 156 Å². The molecule has 0 unspecified atom stereocenters. The van der Waals surface area contributed by atoms with E-state index in [4.69, 9.17) is 9.84 Å². The van der Waals surface area contributed by atoms with Crippen LogP contribution in [0.5, 0.6) is 5.75 Å². The molecule has 0 aliphatic carbocycles. The van der Waals surface area contributed by atoms with E-state index in [1.54, 1.807) is 6.07 Å². The highest BCUT2D eigenvalue weighted by atomic mass is 16.5. The predicted molar refractivity (Wildman–Crippen MR) is 103 cm³/mol. The van der Waals surface area contributed by atoms with Crippen LogP contribution in [0.3, 0.4) is 0 Å². The molecule has 4 rings (SSSR count). The van der Waals surface area contributed by atoms with E-state index in [1.165, 1.54) is 0 Å². The van der Waals surface area contributed by atoms with Crippen LogP contribution in [0, 0.1) is 0 Å². The number of hydrogen-bond donors (Lipinski definition) is 1. The van der Waals surface area contributed by atoms with Gasteiger partial charge in [0.2, 0.25) is 0 Å². The Morgan fingerprint density at radius 3 is 2.63 bits per heavy atom. The summed E-state index contributed by atoms with van der Waals surface area (Å²) in [7, 11) is 0. The Balaban J connectivity index is 1.61. The fraction of sp³-hybridized carbons (Fsp3) is 0.0909. The molecule has 1 N–H and O–H groups in total. The van der Waals surface area contributed by atoms with Gasteiger partial charge in [0.05, 0.1) is 23.3 Å². The number of aromatic nitrogens is 2. The molecule has 5 nitrogen and oxygen atoms in total. The Morgan fingerprint density at radius 2 is 1.81 bits per heavy atom. The van der Waals surface area contributed by atoms with Crippen LogP contribution in [-0.4, -0.2) is 20.6 Å². The highest BCUT2D eigenvalue weighted by Gasteiger charge is 2.10. The lowest BCUT2D eigenvalue weighted by molar-refractivity contribution is -0.136. The molecule has 0 bridgehead atoms. The smallest absolute Gasteiger partial charge is 0.307 e. The van der Waals surface area contributed by atoms with Crippen molar-refractivity contribution < 1.29 is 14.6 Å². The summed E-state index contributed by atoms with van der Waals surface area (Å²) in [6, 6.07) is 21.2. The molecule has 0 aliphatic heterocycles. The van der Waals surface area contributed by atoms with Crippen LogP contribution in [0.15, 0.2) is 79.1 Å². The van der Waals surface area contributed by atoms with Crippen molar-refractivity contribution in [1.82, 2.24) is 9.55 Å². The second-order valence-corrected chi connectivity index (χ2v) is 6.25. The Morgan fingerprint density at radius 1 is 1.00 bits per heavy atom. The lowest BCUT2D eigenvalue weighted by Crippen LogP contribution is -2.05. The number of pyridine rings is 1. The van der Waals surface area contributed by atoms with E-state index in [0.29, 0.717) is 12.4 Å². The summed E-state index contributed by atoms with van der Waals surface area (Å²) in [6.45, 7) is 0.331. The molecule has 0 saturated heterocycles. The van der Waals surface area contributed by atoms with E-state index in [9.17, 15) is 4.79 Å². The molecule has 27 heavy (non-hydrogen) atoms. The van der Waals surface area contributed by atoms with Gasteiger partial charge in [0, 0.05) is 17.8 Å². The Bertz CT molecular complexity index is 1090. The molecule has 0 spiro atoms. The van der Waals surface area contributed by atoms with Gasteiger partial charge in [-0.3, -0.25) is 4.79 Å². The summed E-state index contributed by atoms with van der Waals surface area (Å²) in [5, 5.41) is 10.1. The topological polar surface area (TPSA) is 64.3 Å². The standard InChI is InChI=1S/C22H18N2O3/c25-22(26)14-16-7-10-21(20(13-16)24-11-3-4-12-24)27-15-18-9-8-17-5-1-2-6-19(17)23-18/h1-13H,14-15H2,(H,25,26). The first-order valence-electron chi connectivity index (χ1n) is 8.64. The third kappa shape index (κ3) is 3.82. The molecule has 0 radical (unpaired) electrons. The van der Waals surface area contributed by atoms with E-state index in [0.717, 1.165) is 27.8 Å². The third-order valence-electron chi connectivity index (χ3n) is 4.29. The SMILES string of the molecule is O=C(O)Cc1ccc(OCc2ccc3ccccc3n2)c(-n2cccc2)c1. The van der Waals surface area contributed by atoms with Gasteiger partial charge in [0.1, 0.15) is 12.4 Å². The van der Waals surface area contributed by atoms with Gasteiger partial charge in [-0.1, -0.05) is 30.3 Å². The molecule has 5 heteroatoms. The molecular formula is C22H18N2O3. The van der Waals surface area contributed by atoms with Gasteiger partial charge in [-0.25, -0.2) is 4.98 Å². The quantitative estimate of drug-likeness (QED) is 0.560. The lowest BCUT2D eigenvalue weighted by Gasteiger charge is -2.14. The summed E-state index contributed by atoms with van der Waals surface area (Å²) in [5.41, 5.74) is 3.30. The van der Waals surface area contributed by atoms with Crippen molar-refractivity contribution in [1.29, 1.82) is 0 Å². The molecule has 0 fully saturated rings. The minimum atomic E-state index is -0.859. The van der Waals surface area contributed by atoms with Crippen molar-refractivity contribution in [3.05, 3.63) is 90.4 Å². The van der Waals surface area contributed by atoms with Gasteiger partial charge in [-0.2, -0.15) is 0 Å². The average molecular weight is 358 g/mol. The van der Waals surface area contributed by atoms with Crippen LogP contribution in [0.2, 0.25) is 0 Å². The molecule has 2 aromatic heterocycles. The minimum absolute atomic E-state index is 0.0270. The van der Waals surface area contributed by atoms with E-state index in [2.05, 4.69) is 4.98 Å². The maximum absolute atomic E-state index is 11.0. The molecular weight excluding hydrogens is 340 g/mol. The van der Waals surface area contributed by atoms with Gasteiger partial charge in [0.15, 0.2) is 0 Å². The third-order valence-corrected chi connectivity index (χ3v) is 4.29. The number of hydrogen-bond acceptors (Lipinski definition) is 3. The monoisotopic (exact) mass is 358 g/mol. The Hall–Kier alpha value is -3.60. The molecule has 2 aromatic carbocycles. The number of aliphatic carboxylic acids is 1. The number of benzene rings is 2. The fourth-order valence-electron chi connectivity index (χ4n) is 3.01. The largest absolute Gasteiger partial charge is 0.485 e. The van der Waals surface area contributed by atoms with Crippen LogP contribution >= 0.6 is 0 Å². The molecule has 0 atom stereocenters. The summed E-state index contributed by atoms with van der Waals surface area (Å²) >= 11 is 0. The number of carboxylic acid groups (broad SMARTS) is 1. The first kappa shape index (κ1) is 16.8. The summed E-state index contributed by atoms with van der Waals surface area (Å²) in [6.07, 6.45) is 3.78. The second-order valence-electron chi connectivity index (χ2n) is 6.25. The molecule has 134 valence electrons. The van der Waals surface area contributed by atoms with Crippen molar-refractivity contribution in [2.45, 2.75) is 13.0 Å². The number of rotatable bonds is 6. The van der Waals surface area contributed by atoms with E-state index in [-0.39, 0.29) is 6.42 Å². The first-order chi connectivity index (χ1) is 13.2. The number of nitrogens with zero attached hydrogens (tertiary/aromatic N) is 2. The average Bonchev–Trinajstić information content (AvgIpc) is 3.21. The first-order valence-corrected chi connectivity index (χ1v) is 8.64. The van der Waals surface area contributed by atoms with Crippen LogP contribution in [-0.2, 0) is 17.8 Å². The minimum Gasteiger partial charge on any atom is -0.485 e. The zero-order valence-corrected chi connectivity index (χ0v) is 14.6.